The summed E-state index contributed by atoms with van der Waals surface area (Å²) < 4.78 is 5.57. The van der Waals surface area contributed by atoms with Crippen LogP contribution >= 0.6 is 11.3 Å². The number of carbonyl (C=O) groups excluding carboxylic acids is 1. The minimum Gasteiger partial charge on any atom is -0.470 e. The van der Waals surface area contributed by atoms with Crippen LogP contribution in [0.15, 0.2) is 48.8 Å². The van der Waals surface area contributed by atoms with E-state index in [0.29, 0.717) is 29.5 Å². The predicted octanol–water partition coefficient (Wildman–Crippen LogP) is 3.27. The zero-order valence-corrected chi connectivity index (χ0v) is 18.9. The van der Waals surface area contributed by atoms with E-state index < -0.39 is 0 Å². The van der Waals surface area contributed by atoms with Crippen molar-refractivity contribution in [3.05, 3.63) is 76.1 Å². The second kappa shape index (κ2) is 10.2. The molecule has 2 aromatic heterocycles. The average molecular weight is 459 g/mol. The fourth-order valence-corrected chi connectivity index (χ4v) is 4.87. The van der Waals surface area contributed by atoms with Gasteiger partial charge < -0.3 is 10.1 Å². The molecule has 1 aliphatic rings. The lowest BCUT2D eigenvalue weighted by molar-refractivity contribution is 0.0936. The standard InChI is InChI=1S/C24H22N6O2S/c1-2-32-24-28-14-21(33-24)22(17-5-3-16(11-25)4-6-17)30-10-9-20(15-30)29-23(31)18-7-8-19(12-26)27-13-18/h3-8,13-14,20,22H,2,9-10,15H2,1H3,(H,29,31). The highest BCUT2D eigenvalue weighted by Crippen LogP contribution is 2.36. The van der Waals surface area contributed by atoms with E-state index in [2.05, 4.69) is 26.3 Å². The number of nitrogens with one attached hydrogen (secondary N) is 1. The number of nitriles is 2. The van der Waals surface area contributed by atoms with Gasteiger partial charge in [-0.15, -0.1) is 0 Å². The largest absolute Gasteiger partial charge is 0.470 e. The maximum absolute atomic E-state index is 12.7. The van der Waals surface area contributed by atoms with Crippen LogP contribution < -0.4 is 10.1 Å². The highest BCUT2D eigenvalue weighted by Gasteiger charge is 2.32. The van der Waals surface area contributed by atoms with Crippen LogP contribution in [0.5, 0.6) is 5.19 Å². The summed E-state index contributed by atoms with van der Waals surface area (Å²) in [6.45, 7) is 3.94. The van der Waals surface area contributed by atoms with Crippen LogP contribution in [0, 0.1) is 22.7 Å². The van der Waals surface area contributed by atoms with Crippen molar-refractivity contribution in [2.75, 3.05) is 19.7 Å². The molecule has 3 heterocycles. The summed E-state index contributed by atoms with van der Waals surface area (Å²) in [5.41, 5.74) is 2.38. The minimum atomic E-state index is -0.204. The quantitative estimate of drug-likeness (QED) is 0.578. The maximum atomic E-state index is 12.7. The van der Waals surface area contributed by atoms with Crippen LogP contribution in [-0.4, -0.2) is 46.5 Å². The Morgan fingerprint density at radius 2 is 2.03 bits per heavy atom. The van der Waals surface area contributed by atoms with E-state index in [0.717, 1.165) is 23.4 Å². The van der Waals surface area contributed by atoms with E-state index in [1.54, 1.807) is 6.07 Å². The molecule has 33 heavy (non-hydrogen) atoms. The summed E-state index contributed by atoms with van der Waals surface area (Å²) in [5.74, 6) is -0.204. The number of hydrogen-bond acceptors (Lipinski definition) is 8. The molecule has 8 nitrogen and oxygen atoms in total. The summed E-state index contributed by atoms with van der Waals surface area (Å²) in [5, 5.41) is 21.7. The Bertz CT molecular complexity index is 1190. The summed E-state index contributed by atoms with van der Waals surface area (Å²) in [6.07, 6.45) is 4.07. The molecule has 9 heteroatoms. The third-order valence-corrected chi connectivity index (χ3v) is 6.42. The first kappa shape index (κ1) is 22.4. The lowest BCUT2D eigenvalue weighted by Crippen LogP contribution is -2.38. The molecule has 1 fully saturated rings. The highest BCUT2D eigenvalue weighted by molar-refractivity contribution is 7.13. The van der Waals surface area contributed by atoms with Crippen molar-refractivity contribution in [1.82, 2.24) is 20.2 Å². The number of ether oxygens (including phenoxy) is 1. The fourth-order valence-electron chi connectivity index (χ4n) is 3.88. The number of likely N-dealkylation sites (tertiary alicyclic amines) is 1. The van der Waals surface area contributed by atoms with Gasteiger partial charge in [0.2, 0.25) is 0 Å². The molecule has 2 unspecified atom stereocenters. The van der Waals surface area contributed by atoms with Crippen molar-refractivity contribution in [3.63, 3.8) is 0 Å². The zero-order chi connectivity index (χ0) is 23.2. The highest BCUT2D eigenvalue weighted by atomic mass is 32.1. The van der Waals surface area contributed by atoms with Crippen molar-refractivity contribution in [1.29, 1.82) is 10.5 Å². The van der Waals surface area contributed by atoms with Crippen molar-refractivity contribution in [2.24, 2.45) is 0 Å². The van der Waals surface area contributed by atoms with Gasteiger partial charge in [-0.1, -0.05) is 23.5 Å². The van der Waals surface area contributed by atoms with Gasteiger partial charge in [0, 0.05) is 36.4 Å². The van der Waals surface area contributed by atoms with E-state index in [9.17, 15) is 4.79 Å². The second-order valence-electron chi connectivity index (χ2n) is 7.60. The van der Waals surface area contributed by atoms with Crippen molar-refractivity contribution in [2.45, 2.75) is 25.4 Å². The molecule has 1 amide bonds. The number of pyridine rings is 1. The molecular weight excluding hydrogens is 436 g/mol. The number of aromatic nitrogens is 2. The molecular formula is C24H22N6O2S. The lowest BCUT2D eigenvalue weighted by atomic mass is 10.0. The fraction of sp³-hybridized carbons (Fsp3) is 0.292. The summed E-state index contributed by atoms with van der Waals surface area (Å²) in [6, 6.07) is 14.8. The van der Waals surface area contributed by atoms with Gasteiger partial charge in [-0.3, -0.25) is 9.69 Å². The Balaban J connectivity index is 1.51. The van der Waals surface area contributed by atoms with E-state index in [1.165, 1.54) is 23.6 Å². The summed E-state index contributed by atoms with van der Waals surface area (Å²) in [7, 11) is 0. The van der Waals surface area contributed by atoms with Crippen molar-refractivity contribution >= 4 is 17.2 Å². The van der Waals surface area contributed by atoms with Crippen LogP contribution in [0.2, 0.25) is 0 Å². The summed E-state index contributed by atoms with van der Waals surface area (Å²) in [4.78, 5) is 24.4. The normalized spacial score (nSPS) is 16.5. The number of rotatable bonds is 7. The third-order valence-electron chi connectivity index (χ3n) is 5.46. The molecule has 1 N–H and O–H groups in total. The van der Waals surface area contributed by atoms with Crippen LogP contribution in [0.1, 0.15) is 51.4 Å². The molecule has 0 radical (unpaired) electrons. The van der Waals surface area contributed by atoms with E-state index in [-0.39, 0.29) is 23.7 Å². The Kier molecular flexibility index (Phi) is 6.94. The number of carbonyl (C=O) groups is 1. The van der Waals surface area contributed by atoms with Crippen molar-refractivity contribution < 1.29 is 9.53 Å². The number of thiazole rings is 1. The number of hydrogen-bond donors (Lipinski definition) is 1. The van der Waals surface area contributed by atoms with Crippen LogP contribution in [0.3, 0.4) is 0 Å². The Hall–Kier alpha value is -3.79. The topological polar surface area (TPSA) is 115 Å². The first-order valence-electron chi connectivity index (χ1n) is 10.6. The van der Waals surface area contributed by atoms with Crippen molar-refractivity contribution in [3.8, 4) is 17.3 Å². The Morgan fingerprint density at radius 1 is 1.21 bits per heavy atom. The van der Waals surface area contributed by atoms with Crippen LogP contribution in [0.4, 0.5) is 0 Å². The zero-order valence-electron chi connectivity index (χ0n) is 18.1. The first-order valence-corrected chi connectivity index (χ1v) is 11.4. The van der Waals surface area contributed by atoms with Gasteiger partial charge >= 0.3 is 0 Å². The molecule has 0 aliphatic carbocycles. The van der Waals surface area contributed by atoms with E-state index in [4.69, 9.17) is 15.3 Å². The molecule has 1 saturated heterocycles. The number of nitrogens with zero attached hydrogens (tertiary/aromatic N) is 5. The number of benzene rings is 1. The Labute approximate surface area is 196 Å². The van der Waals surface area contributed by atoms with Gasteiger partial charge in [-0.05, 0) is 43.2 Å². The van der Waals surface area contributed by atoms with Gasteiger partial charge in [-0.25, -0.2) is 9.97 Å². The van der Waals surface area contributed by atoms with Gasteiger partial charge in [0.1, 0.15) is 11.8 Å². The molecule has 2 atom stereocenters. The Morgan fingerprint density at radius 3 is 2.70 bits per heavy atom. The smallest absolute Gasteiger partial charge is 0.273 e. The van der Waals surface area contributed by atoms with Gasteiger partial charge in [0.05, 0.1) is 29.8 Å². The van der Waals surface area contributed by atoms with Gasteiger partial charge in [-0.2, -0.15) is 10.5 Å². The molecule has 0 spiro atoms. The van der Waals surface area contributed by atoms with E-state index >= 15 is 0 Å². The predicted molar refractivity (Wildman–Crippen MR) is 123 cm³/mol. The summed E-state index contributed by atoms with van der Waals surface area (Å²) >= 11 is 1.51. The molecule has 3 aromatic rings. The third kappa shape index (κ3) is 5.17. The molecule has 4 rings (SSSR count). The lowest BCUT2D eigenvalue weighted by Gasteiger charge is -2.27. The minimum absolute atomic E-state index is 0.0201. The molecule has 0 bridgehead atoms. The van der Waals surface area contributed by atoms with Gasteiger partial charge in [0.15, 0.2) is 0 Å². The van der Waals surface area contributed by atoms with E-state index in [1.807, 2.05) is 43.5 Å². The second-order valence-corrected chi connectivity index (χ2v) is 8.62. The monoisotopic (exact) mass is 458 g/mol. The first-order chi connectivity index (χ1) is 16.1. The van der Waals surface area contributed by atoms with Gasteiger partial charge in [0.25, 0.3) is 11.1 Å². The average Bonchev–Trinajstić information content (AvgIpc) is 3.50. The van der Waals surface area contributed by atoms with Crippen LogP contribution in [-0.2, 0) is 0 Å². The SMILES string of the molecule is CCOc1ncc(C(c2ccc(C#N)cc2)N2CCC(NC(=O)c3ccc(C#N)nc3)C2)s1. The molecule has 166 valence electrons. The van der Waals surface area contributed by atoms with Crippen LogP contribution in [0.25, 0.3) is 0 Å². The molecule has 1 aromatic carbocycles. The maximum Gasteiger partial charge on any atom is 0.273 e. The molecule has 0 saturated carbocycles. The number of amides is 1. The molecule has 1 aliphatic heterocycles.